The lowest BCUT2D eigenvalue weighted by Crippen LogP contribution is -2.30. The lowest BCUT2D eigenvalue weighted by molar-refractivity contribution is 0.264. The van der Waals surface area contributed by atoms with Gasteiger partial charge in [0.2, 0.25) is 0 Å². The van der Waals surface area contributed by atoms with E-state index in [4.69, 9.17) is 0 Å². The number of halogens is 1. The quantitative estimate of drug-likeness (QED) is 0.853. The van der Waals surface area contributed by atoms with Gasteiger partial charge in [-0.3, -0.25) is 0 Å². The van der Waals surface area contributed by atoms with E-state index in [1.54, 1.807) is 6.07 Å². The molecule has 21 heavy (non-hydrogen) atoms. The van der Waals surface area contributed by atoms with E-state index in [0.717, 1.165) is 31.0 Å². The minimum atomic E-state index is -0.140. The fraction of sp³-hybridized carbons (Fsp3) is 0.667. The molecule has 2 unspecified atom stereocenters. The molecule has 3 heteroatoms. The summed E-state index contributed by atoms with van der Waals surface area (Å²) in [6.45, 7) is 8.91. The van der Waals surface area contributed by atoms with Crippen LogP contribution in [-0.4, -0.2) is 31.1 Å². The van der Waals surface area contributed by atoms with Crippen molar-refractivity contribution in [3.8, 4) is 0 Å². The minimum absolute atomic E-state index is 0.140. The number of rotatable bonds is 6. The van der Waals surface area contributed by atoms with Crippen LogP contribution in [0.2, 0.25) is 0 Å². The van der Waals surface area contributed by atoms with Crippen molar-refractivity contribution in [2.24, 2.45) is 5.92 Å². The highest BCUT2D eigenvalue weighted by Crippen LogP contribution is 2.21. The Morgan fingerprint density at radius 2 is 2.19 bits per heavy atom. The van der Waals surface area contributed by atoms with E-state index in [0.29, 0.717) is 0 Å². The van der Waals surface area contributed by atoms with E-state index in [1.807, 2.05) is 12.1 Å². The van der Waals surface area contributed by atoms with Gasteiger partial charge >= 0.3 is 0 Å². The van der Waals surface area contributed by atoms with Crippen molar-refractivity contribution in [1.29, 1.82) is 0 Å². The van der Waals surface area contributed by atoms with Crippen LogP contribution in [0.1, 0.15) is 51.1 Å². The molecule has 1 saturated heterocycles. The molecule has 0 aliphatic carbocycles. The number of hydrogen-bond donors (Lipinski definition) is 1. The van der Waals surface area contributed by atoms with Crippen LogP contribution < -0.4 is 5.32 Å². The van der Waals surface area contributed by atoms with Gasteiger partial charge < -0.3 is 10.2 Å². The maximum absolute atomic E-state index is 13.4. The highest BCUT2D eigenvalue weighted by molar-refractivity contribution is 5.20. The topological polar surface area (TPSA) is 15.3 Å². The molecule has 1 aliphatic heterocycles. The maximum Gasteiger partial charge on any atom is 0.123 e. The second kappa shape index (κ2) is 8.50. The minimum Gasteiger partial charge on any atom is -0.310 e. The van der Waals surface area contributed by atoms with Crippen molar-refractivity contribution in [2.75, 3.05) is 26.2 Å². The predicted octanol–water partition coefficient (Wildman–Crippen LogP) is 3.99. The Bertz CT molecular complexity index is 421. The fourth-order valence-corrected chi connectivity index (χ4v) is 3.21. The molecule has 1 aromatic carbocycles. The largest absolute Gasteiger partial charge is 0.310 e. The Labute approximate surface area is 128 Å². The van der Waals surface area contributed by atoms with Gasteiger partial charge in [0.15, 0.2) is 0 Å². The molecule has 0 aromatic heterocycles. The second-order valence-corrected chi connectivity index (χ2v) is 6.33. The standard InChI is InChI=1S/C18H29FN2/c1-3-20-18(16-7-4-8-17(19)14-16)10-13-21-11-5-6-15(2)9-12-21/h4,7-8,14-15,18,20H,3,5-6,9-13H2,1-2H3. The van der Waals surface area contributed by atoms with E-state index in [9.17, 15) is 4.39 Å². The van der Waals surface area contributed by atoms with E-state index in [2.05, 4.69) is 24.1 Å². The first kappa shape index (κ1) is 16.4. The van der Waals surface area contributed by atoms with Gasteiger partial charge in [-0.25, -0.2) is 4.39 Å². The SMILES string of the molecule is CCNC(CCN1CCCC(C)CC1)c1cccc(F)c1. The first-order chi connectivity index (χ1) is 10.2. The van der Waals surface area contributed by atoms with Crippen molar-refractivity contribution in [3.63, 3.8) is 0 Å². The Morgan fingerprint density at radius 1 is 1.33 bits per heavy atom. The molecule has 1 fully saturated rings. The number of benzene rings is 1. The Hall–Kier alpha value is -0.930. The first-order valence-corrected chi connectivity index (χ1v) is 8.40. The summed E-state index contributed by atoms with van der Waals surface area (Å²) in [5, 5.41) is 3.50. The van der Waals surface area contributed by atoms with Gasteiger partial charge in [0.25, 0.3) is 0 Å². The smallest absolute Gasteiger partial charge is 0.123 e. The fourth-order valence-electron chi connectivity index (χ4n) is 3.21. The highest BCUT2D eigenvalue weighted by atomic mass is 19.1. The third-order valence-electron chi connectivity index (χ3n) is 4.54. The van der Waals surface area contributed by atoms with Gasteiger partial charge in [0.05, 0.1) is 0 Å². The monoisotopic (exact) mass is 292 g/mol. The number of likely N-dealkylation sites (tertiary alicyclic amines) is 1. The van der Waals surface area contributed by atoms with Crippen LogP contribution in [0, 0.1) is 11.7 Å². The van der Waals surface area contributed by atoms with Crippen LogP contribution in [0.3, 0.4) is 0 Å². The molecular formula is C18H29FN2. The average Bonchev–Trinajstić information content (AvgIpc) is 2.68. The van der Waals surface area contributed by atoms with E-state index in [-0.39, 0.29) is 11.9 Å². The van der Waals surface area contributed by atoms with Gasteiger partial charge in [-0.1, -0.05) is 26.0 Å². The second-order valence-electron chi connectivity index (χ2n) is 6.33. The van der Waals surface area contributed by atoms with Crippen LogP contribution in [-0.2, 0) is 0 Å². The number of nitrogens with one attached hydrogen (secondary N) is 1. The summed E-state index contributed by atoms with van der Waals surface area (Å²) in [5.41, 5.74) is 1.07. The summed E-state index contributed by atoms with van der Waals surface area (Å²) in [6.07, 6.45) is 5.03. The maximum atomic E-state index is 13.4. The summed E-state index contributed by atoms with van der Waals surface area (Å²) in [5.74, 6) is 0.724. The third-order valence-corrected chi connectivity index (χ3v) is 4.54. The lowest BCUT2D eigenvalue weighted by atomic mass is 10.0. The molecule has 0 spiro atoms. The summed E-state index contributed by atoms with van der Waals surface area (Å²) in [7, 11) is 0. The van der Waals surface area contributed by atoms with Gasteiger partial charge in [-0.2, -0.15) is 0 Å². The van der Waals surface area contributed by atoms with Crippen LogP contribution in [0.25, 0.3) is 0 Å². The van der Waals surface area contributed by atoms with Gasteiger partial charge in [0.1, 0.15) is 5.82 Å². The van der Waals surface area contributed by atoms with Crippen LogP contribution in [0.4, 0.5) is 4.39 Å². The van der Waals surface area contributed by atoms with Crippen molar-refractivity contribution in [2.45, 2.75) is 45.6 Å². The van der Waals surface area contributed by atoms with Crippen molar-refractivity contribution in [3.05, 3.63) is 35.6 Å². The van der Waals surface area contributed by atoms with Gasteiger partial charge in [-0.05, 0) is 75.5 Å². The third kappa shape index (κ3) is 5.40. The predicted molar refractivity (Wildman–Crippen MR) is 86.9 cm³/mol. The zero-order valence-corrected chi connectivity index (χ0v) is 13.4. The Kier molecular flexibility index (Phi) is 6.65. The molecule has 0 radical (unpaired) electrons. The summed E-state index contributed by atoms with van der Waals surface area (Å²) in [4.78, 5) is 2.58. The summed E-state index contributed by atoms with van der Waals surface area (Å²) < 4.78 is 13.4. The first-order valence-electron chi connectivity index (χ1n) is 8.40. The summed E-state index contributed by atoms with van der Waals surface area (Å²) in [6, 6.07) is 7.27. The zero-order chi connectivity index (χ0) is 15.1. The summed E-state index contributed by atoms with van der Waals surface area (Å²) >= 11 is 0. The Balaban J connectivity index is 1.90. The van der Waals surface area contributed by atoms with E-state index >= 15 is 0 Å². The Morgan fingerprint density at radius 3 is 2.95 bits per heavy atom. The van der Waals surface area contributed by atoms with Crippen molar-refractivity contribution >= 4 is 0 Å². The number of hydrogen-bond acceptors (Lipinski definition) is 2. The molecule has 118 valence electrons. The van der Waals surface area contributed by atoms with Crippen LogP contribution >= 0.6 is 0 Å². The van der Waals surface area contributed by atoms with Crippen LogP contribution in [0.15, 0.2) is 24.3 Å². The van der Waals surface area contributed by atoms with E-state index in [1.165, 1.54) is 38.4 Å². The average molecular weight is 292 g/mol. The van der Waals surface area contributed by atoms with E-state index < -0.39 is 0 Å². The molecular weight excluding hydrogens is 263 g/mol. The van der Waals surface area contributed by atoms with Crippen LogP contribution in [0.5, 0.6) is 0 Å². The van der Waals surface area contributed by atoms with Gasteiger partial charge in [0, 0.05) is 6.04 Å². The molecule has 1 heterocycles. The van der Waals surface area contributed by atoms with Gasteiger partial charge in [-0.15, -0.1) is 0 Å². The molecule has 1 N–H and O–H groups in total. The van der Waals surface area contributed by atoms with Crippen molar-refractivity contribution in [1.82, 2.24) is 10.2 Å². The molecule has 2 nitrogen and oxygen atoms in total. The normalized spacial score (nSPS) is 22.0. The molecule has 0 bridgehead atoms. The molecule has 0 saturated carbocycles. The molecule has 2 rings (SSSR count). The molecule has 1 aromatic rings. The number of nitrogens with zero attached hydrogens (tertiary/aromatic N) is 1. The lowest BCUT2D eigenvalue weighted by Gasteiger charge is -2.24. The molecule has 1 aliphatic rings. The zero-order valence-electron chi connectivity index (χ0n) is 13.4. The molecule has 0 amide bonds. The highest BCUT2D eigenvalue weighted by Gasteiger charge is 2.16. The van der Waals surface area contributed by atoms with Crippen molar-refractivity contribution < 1.29 is 4.39 Å². The molecule has 2 atom stereocenters.